The van der Waals surface area contributed by atoms with Crippen LogP contribution in [0.3, 0.4) is 0 Å². The smallest absolute Gasteiger partial charge is 0.338 e. The van der Waals surface area contributed by atoms with E-state index in [4.69, 9.17) is 18.9 Å². The molecule has 6 heteroatoms. The van der Waals surface area contributed by atoms with Crippen molar-refractivity contribution in [2.45, 2.75) is 141 Å². The average molecular weight is 663 g/mol. The molecule has 48 heavy (non-hydrogen) atoms. The molecule has 6 nitrogen and oxygen atoms in total. The van der Waals surface area contributed by atoms with Crippen molar-refractivity contribution in [1.82, 2.24) is 0 Å². The van der Waals surface area contributed by atoms with Crippen LogP contribution in [-0.4, -0.2) is 51.6 Å². The van der Waals surface area contributed by atoms with Gasteiger partial charge >= 0.3 is 11.9 Å². The summed E-state index contributed by atoms with van der Waals surface area (Å²) in [7, 11) is 3.08. The van der Waals surface area contributed by atoms with E-state index in [-0.39, 0.29) is 13.2 Å². The first-order valence-electron chi connectivity index (χ1n) is 19.0. The molecule has 2 aromatic carbocycles. The van der Waals surface area contributed by atoms with Crippen molar-refractivity contribution in [3.63, 3.8) is 0 Å². The first-order valence-corrected chi connectivity index (χ1v) is 19.0. The van der Waals surface area contributed by atoms with Crippen molar-refractivity contribution < 1.29 is 28.5 Å². The SMILES string of the molecule is CCCCCC1CCC(c2ccc(C(=O)OC[C@@H](OC)[C@@H](COC(=O)c3ccc(C4CCC(CCCCC)CC4)cc3)OC)cc2)CC1. The van der Waals surface area contributed by atoms with Gasteiger partial charge in [-0.15, -0.1) is 0 Å². The standard InChI is InChI=1S/C42H62O6/c1-5-7-9-11-31-13-17-33(18-14-31)35-21-25-37(26-22-35)41(43)47-29-39(45-3)40(46-4)30-48-42(44)38-27-23-36(24-28-38)34-19-15-32(16-20-34)12-10-8-6-2/h21-28,31-34,39-40H,5-20,29-30H2,1-4H3/t31?,32?,33?,34?,39-,40-/m1/s1. The van der Waals surface area contributed by atoms with E-state index in [1.54, 1.807) is 0 Å². The van der Waals surface area contributed by atoms with Crippen LogP contribution in [0, 0.1) is 11.8 Å². The molecule has 266 valence electrons. The Morgan fingerprint density at radius 2 is 0.917 bits per heavy atom. The second-order valence-corrected chi connectivity index (χ2v) is 14.4. The first-order chi connectivity index (χ1) is 23.4. The summed E-state index contributed by atoms with van der Waals surface area (Å²) in [6.45, 7) is 4.51. The van der Waals surface area contributed by atoms with Gasteiger partial charge in [0.1, 0.15) is 25.4 Å². The Kier molecular flexibility index (Phi) is 16.5. The third kappa shape index (κ3) is 11.7. The first kappa shape index (κ1) is 38.1. The lowest BCUT2D eigenvalue weighted by molar-refractivity contribution is -0.0862. The largest absolute Gasteiger partial charge is 0.459 e. The molecule has 2 fully saturated rings. The predicted octanol–water partition coefficient (Wildman–Crippen LogP) is 10.4. The van der Waals surface area contributed by atoms with E-state index in [9.17, 15) is 9.59 Å². The van der Waals surface area contributed by atoms with E-state index in [0.717, 1.165) is 11.8 Å². The summed E-state index contributed by atoms with van der Waals surface area (Å²) < 4.78 is 22.4. The molecule has 0 radical (unpaired) electrons. The highest BCUT2D eigenvalue weighted by Gasteiger charge is 2.27. The van der Waals surface area contributed by atoms with Crippen molar-refractivity contribution >= 4 is 11.9 Å². The highest BCUT2D eigenvalue weighted by atomic mass is 16.6. The zero-order valence-corrected chi connectivity index (χ0v) is 30.3. The highest BCUT2D eigenvalue weighted by molar-refractivity contribution is 5.90. The van der Waals surface area contributed by atoms with Crippen LogP contribution >= 0.6 is 0 Å². The van der Waals surface area contributed by atoms with Gasteiger partial charge in [-0.3, -0.25) is 0 Å². The van der Waals surface area contributed by atoms with Gasteiger partial charge in [0, 0.05) is 14.2 Å². The van der Waals surface area contributed by atoms with Crippen LogP contribution < -0.4 is 0 Å². The minimum absolute atomic E-state index is 0.00919. The lowest BCUT2D eigenvalue weighted by Crippen LogP contribution is -2.38. The predicted molar refractivity (Wildman–Crippen MR) is 193 cm³/mol. The molecule has 0 heterocycles. The van der Waals surface area contributed by atoms with Crippen LogP contribution in [0.5, 0.6) is 0 Å². The molecule has 2 aliphatic rings. The minimum Gasteiger partial charge on any atom is -0.459 e. The lowest BCUT2D eigenvalue weighted by atomic mass is 9.77. The van der Waals surface area contributed by atoms with Gasteiger partial charge in [-0.2, -0.15) is 0 Å². The Hall–Kier alpha value is -2.70. The summed E-state index contributed by atoms with van der Waals surface area (Å²) in [5.41, 5.74) is 3.66. The van der Waals surface area contributed by atoms with Gasteiger partial charge in [-0.1, -0.05) is 89.5 Å². The monoisotopic (exact) mass is 662 g/mol. The third-order valence-corrected chi connectivity index (χ3v) is 11.1. The molecule has 0 aromatic heterocycles. The lowest BCUT2D eigenvalue weighted by Gasteiger charge is -2.29. The average Bonchev–Trinajstić information content (AvgIpc) is 3.13. The fraction of sp³-hybridized carbons (Fsp3) is 0.667. The van der Waals surface area contributed by atoms with E-state index in [2.05, 4.69) is 38.1 Å². The minimum atomic E-state index is -0.585. The number of rotatable bonds is 19. The number of methoxy groups -OCH3 is 2. The molecule has 4 rings (SSSR count). The summed E-state index contributed by atoms with van der Waals surface area (Å²) in [6.07, 6.45) is 19.7. The van der Waals surface area contributed by atoms with Crippen molar-refractivity contribution in [2.75, 3.05) is 27.4 Å². The van der Waals surface area contributed by atoms with Crippen molar-refractivity contribution in [3.8, 4) is 0 Å². The Balaban J connectivity index is 1.18. The molecular weight excluding hydrogens is 600 g/mol. The number of carbonyl (C=O) groups excluding carboxylic acids is 2. The molecule has 0 unspecified atom stereocenters. The van der Waals surface area contributed by atoms with Gasteiger partial charge in [0.05, 0.1) is 11.1 Å². The molecular formula is C42H62O6. The Morgan fingerprint density at radius 1 is 0.562 bits per heavy atom. The summed E-state index contributed by atoms with van der Waals surface area (Å²) in [4.78, 5) is 25.8. The Labute approximate surface area is 290 Å². The molecule has 0 N–H and O–H groups in total. The van der Waals surface area contributed by atoms with Gasteiger partial charge in [0.2, 0.25) is 0 Å². The van der Waals surface area contributed by atoms with Gasteiger partial charge in [-0.05, 0) is 110 Å². The Bertz CT molecular complexity index is 1100. The summed E-state index contributed by atoms with van der Waals surface area (Å²) in [6, 6.07) is 15.8. The van der Waals surface area contributed by atoms with Gasteiger partial charge < -0.3 is 18.9 Å². The number of esters is 2. The van der Waals surface area contributed by atoms with Crippen LogP contribution in [0.2, 0.25) is 0 Å². The van der Waals surface area contributed by atoms with Gasteiger partial charge in [0.15, 0.2) is 0 Å². The summed E-state index contributed by atoms with van der Waals surface area (Å²) in [5.74, 6) is 2.09. The maximum atomic E-state index is 12.9. The molecule has 0 saturated heterocycles. The third-order valence-electron chi connectivity index (χ3n) is 11.1. The number of carbonyl (C=O) groups is 2. The molecule has 2 atom stereocenters. The van der Waals surface area contributed by atoms with Crippen LogP contribution in [-0.2, 0) is 18.9 Å². The topological polar surface area (TPSA) is 71.1 Å². The van der Waals surface area contributed by atoms with Crippen LogP contribution in [0.15, 0.2) is 48.5 Å². The van der Waals surface area contributed by atoms with E-state index in [1.807, 2.05) is 24.3 Å². The quantitative estimate of drug-likeness (QED) is 0.110. The van der Waals surface area contributed by atoms with E-state index >= 15 is 0 Å². The van der Waals surface area contributed by atoms with Gasteiger partial charge in [0.25, 0.3) is 0 Å². The van der Waals surface area contributed by atoms with Crippen LogP contribution in [0.4, 0.5) is 0 Å². The maximum Gasteiger partial charge on any atom is 0.338 e. The molecule has 0 bridgehead atoms. The summed E-state index contributed by atoms with van der Waals surface area (Å²) in [5, 5.41) is 0. The fourth-order valence-electron chi connectivity index (χ4n) is 7.85. The highest BCUT2D eigenvalue weighted by Crippen LogP contribution is 2.39. The number of hydrogen-bond acceptors (Lipinski definition) is 6. The van der Waals surface area contributed by atoms with E-state index in [0.29, 0.717) is 23.0 Å². The number of benzene rings is 2. The van der Waals surface area contributed by atoms with Crippen molar-refractivity contribution in [1.29, 1.82) is 0 Å². The van der Waals surface area contributed by atoms with E-state index < -0.39 is 24.1 Å². The van der Waals surface area contributed by atoms with Gasteiger partial charge in [-0.25, -0.2) is 9.59 Å². The Morgan fingerprint density at radius 3 is 1.23 bits per heavy atom. The van der Waals surface area contributed by atoms with Crippen LogP contribution in [0.25, 0.3) is 0 Å². The fourth-order valence-corrected chi connectivity index (χ4v) is 7.85. The maximum absolute atomic E-state index is 12.9. The zero-order chi connectivity index (χ0) is 34.1. The molecule has 2 saturated carbocycles. The zero-order valence-electron chi connectivity index (χ0n) is 30.3. The second-order valence-electron chi connectivity index (χ2n) is 14.4. The molecule has 2 aliphatic carbocycles. The number of hydrogen-bond donors (Lipinski definition) is 0. The van der Waals surface area contributed by atoms with Crippen molar-refractivity contribution in [3.05, 3.63) is 70.8 Å². The van der Waals surface area contributed by atoms with Crippen LogP contribution in [0.1, 0.15) is 160 Å². The molecule has 0 amide bonds. The molecule has 2 aromatic rings. The second kappa shape index (κ2) is 20.7. The molecule has 0 aliphatic heterocycles. The summed E-state index contributed by atoms with van der Waals surface area (Å²) >= 11 is 0. The number of ether oxygens (including phenoxy) is 4. The number of unbranched alkanes of at least 4 members (excludes halogenated alkanes) is 4. The normalized spacial score (nSPS) is 22.5. The molecule has 0 spiro atoms. The van der Waals surface area contributed by atoms with Crippen molar-refractivity contribution in [2.24, 2.45) is 11.8 Å². The van der Waals surface area contributed by atoms with E-state index in [1.165, 1.54) is 128 Å².